The normalized spacial score (nSPS) is 39.4. The molecule has 0 aromatic rings. The molecule has 0 bridgehead atoms. The zero-order valence-corrected chi connectivity index (χ0v) is 9.93. The molecule has 2 aliphatic rings. The summed E-state index contributed by atoms with van der Waals surface area (Å²) in [6.45, 7) is 4.78. The van der Waals surface area contributed by atoms with Gasteiger partial charge < -0.3 is 5.73 Å². The van der Waals surface area contributed by atoms with Crippen molar-refractivity contribution in [2.24, 2.45) is 11.7 Å². The molecular weight excluding hydrogens is 196 g/mol. The van der Waals surface area contributed by atoms with E-state index in [1.165, 1.54) is 38.6 Å². The Morgan fingerprint density at radius 2 is 1.71 bits per heavy atom. The molecule has 2 nitrogen and oxygen atoms in total. The molecule has 0 aromatic heterocycles. The molecule has 0 spiro atoms. The van der Waals surface area contributed by atoms with Gasteiger partial charge in [0.1, 0.15) is 0 Å². The summed E-state index contributed by atoms with van der Waals surface area (Å²) in [6, 6.07) is 1.32. The number of halogens is 1. The van der Waals surface area contributed by atoms with Crippen molar-refractivity contribution in [2.45, 2.75) is 51.1 Å². The van der Waals surface area contributed by atoms with Crippen LogP contribution < -0.4 is 5.73 Å². The SMILES string of the molecule is CC1CCC(N2CCC(N)C2)CC1.Cl. The topological polar surface area (TPSA) is 29.3 Å². The van der Waals surface area contributed by atoms with E-state index in [2.05, 4.69) is 11.8 Å². The van der Waals surface area contributed by atoms with Crippen molar-refractivity contribution in [3.8, 4) is 0 Å². The maximum Gasteiger partial charge on any atom is 0.0180 e. The minimum Gasteiger partial charge on any atom is -0.326 e. The van der Waals surface area contributed by atoms with Crippen molar-refractivity contribution in [3.63, 3.8) is 0 Å². The van der Waals surface area contributed by atoms with Crippen molar-refractivity contribution in [3.05, 3.63) is 0 Å². The van der Waals surface area contributed by atoms with Gasteiger partial charge in [0.15, 0.2) is 0 Å². The number of nitrogens with two attached hydrogens (primary N) is 1. The molecule has 1 unspecified atom stereocenters. The van der Waals surface area contributed by atoms with Gasteiger partial charge in [-0.2, -0.15) is 0 Å². The molecule has 2 fully saturated rings. The third-order valence-electron chi connectivity index (χ3n) is 3.76. The van der Waals surface area contributed by atoms with Gasteiger partial charge in [-0.15, -0.1) is 12.4 Å². The Morgan fingerprint density at radius 3 is 2.21 bits per heavy atom. The van der Waals surface area contributed by atoms with Gasteiger partial charge in [0, 0.05) is 25.2 Å². The Labute approximate surface area is 93.6 Å². The monoisotopic (exact) mass is 218 g/mol. The first-order valence-corrected chi connectivity index (χ1v) is 5.75. The molecule has 1 heterocycles. The second kappa shape index (κ2) is 5.34. The van der Waals surface area contributed by atoms with E-state index < -0.39 is 0 Å². The van der Waals surface area contributed by atoms with Crippen LogP contribution in [0.1, 0.15) is 39.0 Å². The molecule has 1 saturated heterocycles. The maximum atomic E-state index is 5.92. The van der Waals surface area contributed by atoms with Crippen LogP contribution in [0.5, 0.6) is 0 Å². The Morgan fingerprint density at radius 1 is 1.07 bits per heavy atom. The third-order valence-corrected chi connectivity index (χ3v) is 3.76. The largest absolute Gasteiger partial charge is 0.326 e. The molecule has 1 saturated carbocycles. The minimum absolute atomic E-state index is 0. The van der Waals surface area contributed by atoms with Gasteiger partial charge >= 0.3 is 0 Å². The van der Waals surface area contributed by atoms with Crippen LogP contribution in [0.2, 0.25) is 0 Å². The second-order valence-corrected chi connectivity index (χ2v) is 4.96. The fraction of sp³-hybridized carbons (Fsp3) is 1.00. The first-order chi connectivity index (χ1) is 6.25. The zero-order valence-electron chi connectivity index (χ0n) is 9.11. The number of hydrogen-bond donors (Lipinski definition) is 1. The summed E-state index contributed by atoms with van der Waals surface area (Å²) in [5.41, 5.74) is 5.92. The third kappa shape index (κ3) is 2.85. The number of rotatable bonds is 1. The number of nitrogens with zero attached hydrogens (tertiary/aromatic N) is 1. The minimum atomic E-state index is 0. The lowest BCUT2D eigenvalue weighted by Gasteiger charge is -2.33. The maximum absolute atomic E-state index is 5.92. The van der Waals surface area contributed by atoms with E-state index in [0.29, 0.717) is 6.04 Å². The van der Waals surface area contributed by atoms with Gasteiger partial charge in [-0.3, -0.25) is 4.90 Å². The van der Waals surface area contributed by atoms with Crippen LogP contribution in [0.4, 0.5) is 0 Å². The molecule has 3 heteroatoms. The summed E-state index contributed by atoms with van der Waals surface area (Å²) in [4.78, 5) is 2.62. The first-order valence-electron chi connectivity index (χ1n) is 5.75. The fourth-order valence-electron chi connectivity index (χ4n) is 2.75. The first kappa shape index (κ1) is 12.3. The van der Waals surface area contributed by atoms with Gasteiger partial charge in [0.2, 0.25) is 0 Å². The van der Waals surface area contributed by atoms with Gasteiger partial charge in [-0.1, -0.05) is 6.92 Å². The summed E-state index contributed by atoms with van der Waals surface area (Å²) >= 11 is 0. The average molecular weight is 219 g/mol. The zero-order chi connectivity index (χ0) is 9.26. The van der Waals surface area contributed by atoms with Crippen LogP contribution in [-0.2, 0) is 0 Å². The van der Waals surface area contributed by atoms with E-state index in [4.69, 9.17) is 5.73 Å². The van der Waals surface area contributed by atoms with E-state index in [9.17, 15) is 0 Å². The van der Waals surface area contributed by atoms with E-state index in [-0.39, 0.29) is 12.4 Å². The van der Waals surface area contributed by atoms with Crippen molar-refractivity contribution in [2.75, 3.05) is 13.1 Å². The molecule has 2 N–H and O–H groups in total. The van der Waals surface area contributed by atoms with Crippen LogP contribution in [0.15, 0.2) is 0 Å². The van der Waals surface area contributed by atoms with Crippen LogP contribution in [0, 0.1) is 5.92 Å². The van der Waals surface area contributed by atoms with E-state index >= 15 is 0 Å². The van der Waals surface area contributed by atoms with Crippen LogP contribution in [0.25, 0.3) is 0 Å². The highest BCUT2D eigenvalue weighted by Crippen LogP contribution is 2.28. The highest BCUT2D eigenvalue weighted by atomic mass is 35.5. The molecule has 14 heavy (non-hydrogen) atoms. The van der Waals surface area contributed by atoms with Gasteiger partial charge in [0.25, 0.3) is 0 Å². The van der Waals surface area contributed by atoms with E-state index in [0.717, 1.165) is 18.5 Å². The standard InChI is InChI=1S/C11H22N2.ClH/c1-9-2-4-11(5-3-9)13-7-6-10(12)8-13;/h9-11H,2-8,12H2,1H3;1H. The van der Waals surface area contributed by atoms with Crippen LogP contribution in [-0.4, -0.2) is 30.1 Å². The molecule has 1 aliphatic heterocycles. The highest BCUT2D eigenvalue weighted by molar-refractivity contribution is 5.85. The quantitative estimate of drug-likeness (QED) is 0.730. The van der Waals surface area contributed by atoms with Gasteiger partial charge in [-0.25, -0.2) is 0 Å². The van der Waals surface area contributed by atoms with Gasteiger partial charge in [0.05, 0.1) is 0 Å². The molecule has 0 radical (unpaired) electrons. The van der Waals surface area contributed by atoms with Crippen LogP contribution in [0.3, 0.4) is 0 Å². The number of hydrogen-bond acceptors (Lipinski definition) is 2. The van der Waals surface area contributed by atoms with Crippen molar-refractivity contribution >= 4 is 12.4 Å². The number of likely N-dealkylation sites (tertiary alicyclic amines) is 1. The van der Waals surface area contributed by atoms with E-state index in [1.54, 1.807) is 0 Å². The second-order valence-electron chi connectivity index (χ2n) is 4.96. The molecule has 0 amide bonds. The van der Waals surface area contributed by atoms with Crippen molar-refractivity contribution in [1.29, 1.82) is 0 Å². The summed E-state index contributed by atoms with van der Waals surface area (Å²) in [7, 11) is 0. The Bertz CT molecular complexity index is 167. The lowest BCUT2D eigenvalue weighted by Crippen LogP contribution is -2.37. The Kier molecular flexibility index (Phi) is 4.68. The van der Waals surface area contributed by atoms with Gasteiger partial charge in [-0.05, 0) is 38.0 Å². The Balaban J connectivity index is 0.000000980. The van der Waals surface area contributed by atoms with Crippen molar-refractivity contribution in [1.82, 2.24) is 4.90 Å². The summed E-state index contributed by atoms with van der Waals surface area (Å²) in [5.74, 6) is 0.965. The smallest absolute Gasteiger partial charge is 0.0180 e. The predicted molar refractivity (Wildman–Crippen MR) is 62.8 cm³/mol. The summed E-state index contributed by atoms with van der Waals surface area (Å²) < 4.78 is 0. The molecule has 1 atom stereocenters. The fourth-order valence-corrected chi connectivity index (χ4v) is 2.75. The highest BCUT2D eigenvalue weighted by Gasteiger charge is 2.28. The lowest BCUT2D eigenvalue weighted by molar-refractivity contribution is 0.168. The summed E-state index contributed by atoms with van der Waals surface area (Å²) in [6.07, 6.45) is 6.89. The Hall–Kier alpha value is 0.210. The lowest BCUT2D eigenvalue weighted by atomic mass is 9.87. The van der Waals surface area contributed by atoms with E-state index in [1.807, 2.05) is 0 Å². The van der Waals surface area contributed by atoms with Crippen LogP contribution >= 0.6 is 12.4 Å². The molecule has 0 aromatic carbocycles. The predicted octanol–water partition coefficient (Wildman–Crippen LogP) is 2.02. The van der Waals surface area contributed by atoms with Crippen molar-refractivity contribution < 1.29 is 0 Å². The summed E-state index contributed by atoms with van der Waals surface area (Å²) in [5, 5.41) is 0. The molecule has 84 valence electrons. The molecular formula is C11H23ClN2. The average Bonchev–Trinajstić information content (AvgIpc) is 2.53. The molecule has 1 aliphatic carbocycles. The molecule has 2 rings (SSSR count).